The summed E-state index contributed by atoms with van der Waals surface area (Å²) >= 11 is 0. The first kappa shape index (κ1) is 9.15. The van der Waals surface area contributed by atoms with Gasteiger partial charge in [0.2, 0.25) is 0 Å². The number of hydrogen-bond acceptors (Lipinski definition) is 3. The zero-order valence-electron chi connectivity index (χ0n) is 7.73. The van der Waals surface area contributed by atoms with Crippen molar-refractivity contribution in [1.82, 2.24) is 10.3 Å². The maximum atomic E-state index is 10.6. The zero-order valence-corrected chi connectivity index (χ0v) is 7.73. The zero-order chi connectivity index (χ0) is 9.97. The van der Waals surface area contributed by atoms with Crippen LogP contribution in [0.3, 0.4) is 0 Å². The molecule has 0 aliphatic carbocycles. The molecule has 4 nitrogen and oxygen atoms in total. The van der Waals surface area contributed by atoms with Gasteiger partial charge in [0.1, 0.15) is 0 Å². The number of hydrogen-bond donors (Lipinski definition) is 2. The van der Waals surface area contributed by atoms with Crippen LogP contribution in [0.2, 0.25) is 0 Å². The van der Waals surface area contributed by atoms with E-state index < -0.39 is 5.97 Å². The van der Waals surface area contributed by atoms with Crippen LogP contribution in [-0.2, 0) is 11.2 Å². The Bertz CT molecular complexity index is 352. The number of nitrogens with zero attached hydrogens (tertiary/aromatic N) is 1. The fourth-order valence-electron chi connectivity index (χ4n) is 1.81. The molecule has 74 valence electrons. The summed E-state index contributed by atoms with van der Waals surface area (Å²) in [5.41, 5.74) is 2.05. The summed E-state index contributed by atoms with van der Waals surface area (Å²) in [4.78, 5) is 14.9. The Morgan fingerprint density at radius 1 is 1.71 bits per heavy atom. The van der Waals surface area contributed by atoms with Gasteiger partial charge < -0.3 is 10.4 Å². The molecule has 4 heteroatoms. The Morgan fingerprint density at radius 2 is 2.57 bits per heavy atom. The average Bonchev–Trinajstić information content (AvgIpc) is 2.18. The van der Waals surface area contributed by atoms with E-state index >= 15 is 0 Å². The van der Waals surface area contributed by atoms with Gasteiger partial charge in [-0.15, -0.1) is 0 Å². The summed E-state index contributed by atoms with van der Waals surface area (Å²) in [5.74, 6) is -0.779. The van der Waals surface area contributed by atoms with Crippen LogP contribution in [-0.4, -0.2) is 22.6 Å². The fraction of sp³-hybridized carbons (Fsp3) is 0.400. The molecular formula is C10H12N2O2. The summed E-state index contributed by atoms with van der Waals surface area (Å²) < 4.78 is 0. The molecule has 1 aliphatic heterocycles. The van der Waals surface area contributed by atoms with Crippen LogP contribution in [0.1, 0.15) is 23.7 Å². The third kappa shape index (κ3) is 1.75. The quantitative estimate of drug-likeness (QED) is 0.725. The number of carbonyl (C=O) groups is 1. The van der Waals surface area contributed by atoms with Crippen LogP contribution in [0.15, 0.2) is 18.3 Å². The summed E-state index contributed by atoms with van der Waals surface area (Å²) in [6.45, 7) is 0.808. The van der Waals surface area contributed by atoms with Gasteiger partial charge in [-0.05, 0) is 11.6 Å². The molecule has 1 aliphatic rings. The second-order valence-electron chi connectivity index (χ2n) is 3.39. The molecule has 2 rings (SSSR count). The average molecular weight is 192 g/mol. The van der Waals surface area contributed by atoms with Gasteiger partial charge in [-0.2, -0.15) is 0 Å². The number of aliphatic carboxylic acids is 1. The SMILES string of the molecule is O=C(O)CC1NCCc2ncccc21. The first-order valence-corrected chi connectivity index (χ1v) is 4.66. The van der Waals surface area contributed by atoms with Crippen molar-refractivity contribution < 1.29 is 9.90 Å². The van der Waals surface area contributed by atoms with E-state index in [0.29, 0.717) is 0 Å². The molecule has 0 fully saturated rings. The molecule has 0 saturated heterocycles. The van der Waals surface area contributed by atoms with E-state index in [2.05, 4.69) is 10.3 Å². The van der Waals surface area contributed by atoms with E-state index in [1.165, 1.54) is 0 Å². The van der Waals surface area contributed by atoms with Gasteiger partial charge in [0, 0.05) is 30.9 Å². The van der Waals surface area contributed by atoms with Crippen LogP contribution in [0.5, 0.6) is 0 Å². The van der Waals surface area contributed by atoms with E-state index in [1.807, 2.05) is 12.1 Å². The summed E-state index contributed by atoms with van der Waals surface area (Å²) in [7, 11) is 0. The molecule has 2 heterocycles. The normalized spacial score (nSPS) is 20.1. The third-order valence-corrected chi connectivity index (χ3v) is 2.43. The lowest BCUT2D eigenvalue weighted by Gasteiger charge is -2.24. The van der Waals surface area contributed by atoms with Crippen molar-refractivity contribution in [1.29, 1.82) is 0 Å². The van der Waals surface area contributed by atoms with Crippen LogP contribution < -0.4 is 5.32 Å². The highest BCUT2D eigenvalue weighted by Gasteiger charge is 2.21. The number of fused-ring (bicyclic) bond motifs is 1. The Hall–Kier alpha value is -1.42. The van der Waals surface area contributed by atoms with Crippen molar-refractivity contribution >= 4 is 5.97 Å². The van der Waals surface area contributed by atoms with Gasteiger partial charge in [0.15, 0.2) is 0 Å². The molecule has 0 spiro atoms. The summed E-state index contributed by atoms with van der Waals surface area (Å²) in [6, 6.07) is 3.72. The van der Waals surface area contributed by atoms with E-state index in [4.69, 9.17) is 5.11 Å². The molecule has 0 aromatic carbocycles. The van der Waals surface area contributed by atoms with Gasteiger partial charge in [0.25, 0.3) is 0 Å². The first-order chi connectivity index (χ1) is 6.77. The molecule has 1 atom stereocenters. The molecule has 0 saturated carbocycles. The van der Waals surface area contributed by atoms with Crippen molar-refractivity contribution in [3.63, 3.8) is 0 Å². The Morgan fingerprint density at radius 3 is 3.36 bits per heavy atom. The van der Waals surface area contributed by atoms with Crippen molar-refractivity contribution in [2.24, 2.45) is 0 Å². The minimum absolute atomic E-state index is 0.0788. The summed E-state index contributed by atoms with van der Waals surface area (Å²) in [6.07, 6.45) is 2.76. The molecule has 0 radical (unpaired) electrons. The van der Waals surface area contributed by atoms with Crippen LogP contribution in [0.4, 0.5) is 0 Å². The van der Waals surface area contributed by atoms with E-state index in [-0.39, 0.29) is 12.5 Å². The maximum Gasteiger partial charge on any atom is 0.305 e. The number of carboxylic acids is 1. The molecule has 14 heavy (non-hydrogen) atoms. The standard InChI is InChI=1S/C10H12N2O2/c13-10(14)6-9-7-2-1-4-11-8(7)3-5-12-9/h1-2,4,9,12H,3,5-6H2,(H,13,14). The Labute approximate surface area is 82.0 Å². The van der Waals surface area contributed by atoms with Gasteiger partial charge in [-0.3, -0.25) is 9.78 Å². The second kappa shape index (κ2) is 3.75. The lowest BCUT2D eigenvalue weighted by molar-refractivity contribution is -0.137. The fourth-order valence-corrected chi connectivity index (χ4v) is 1.81. The molecule has 1 aromatic rings. The molecule has 0 bridgehead atoms. The highest BCUT2D eigenvalue weighted by Crippen LogP contribution is 2.23. The minimum Gasteiger partial charge on any atom is -0.481 e. The predicted molar refractivity (Wildman–Crippen MR) is 50.9 cm³/mol. The first-order valence-electron chi connectivity index (χ1n) is 4.66. The molecule has 2 N–H and O–H groups in total. The number of nitrogens with one attached hydrogen (secondary N) is 1. The van der Waals surface area contributed by atoms with Gasteiger partial charge >= 0.3 is 5.97 Å². The van der Waals surface area contributed by atoms with Crippen molar-refractivity contribution in [2.75, 3.05) is 6.54 Å². The van der Waals surface area contributed by atoms with Gasteiger partial charge in [-0.25, -0.2) is 0 Å². The molecular weight excluding hydrogens is 180 g/mol. The number of aromatic nitrogens is 1. The number of pyridine rings is 1. The molecule has 1 aromatic heterocycles. The monoisotopic (exact) mass is 192 g/mol. The van der Waals surface area contributed by atoms with E-state index in [1.54, 1.807) is 6.20 Å². The Kier molecular flexibility index (Phi) is 2.45. The van der Waals surface area contributed by atoms with Crippen molar-refractivity contribution in [3.05, 3.63) is 29.6 Å². The highest BCUT2D eigenvalue weighted by molar-refractivity contribution is 5.68. The molecule has 0 amide bonds. The van der Waals surface area contributed by atoms with Crippen LogP contribution in [0.25, 0.3) is 0 Å². The van der Waals surface area contributed by atoms with Crippen molar-refractivity contribution in [3.8, 4) is 0 Å². The highest BCUT2D eigenvalue weighted by atomic mass is 16.4. The lowest BCUT2D eigenvalue weighted by atomic mass is 9.97. The number of rotatable bonds is 2. The number of carboxylic acid groups (broad SMARTS) is 1. The van der Waals surface area contributed by atoms with Crippen LogP contribution in [0, 0.1) is 0 Å². The lowest BCUT2D eigenvalue weighted by Crippen LogP contribution is -2.31. The maximum absolute atomic E-state index is 10.6. The minimum atomic E-state index is -0.779. The second-order valence-corrected chi connectivity index (χ2v) is 3.39. The Balaban J connectivity index is 2.26. The predicted octanol–water partition coefficient (Wildman–Crippen LogP) is 0.743. The molecule has 1 unspecified atom stereocenters. The van der Waals surface area contributed by atoms with Gasteiger partial charge in [0.05, 0.1) is 6.42 Å². The van der Waals surface area contributed by atoms with Crippen LogP contribution >= 0.6 is 0 Å². The van der Waals surface area contributed by atoms with Crippen molar-refractivity contribution in [2.45, 2.75) is 18.9 Å². The van der Waals surface area contributed by atoms with E-state index in [9.17, 15) is 4.79 Å². The largest absolute Gasteiger partial charge is 0.481 e. The van der Waals surface area contributed by atoms with Gasteiger partial charge in [-0.1, -0.05) is 6.07 Å². The topological polar surface area (TPSA) is 62.2 Å². The van der Waals surface area contributed by atoms with E-state index in [0.717, 1.165) is 24.2 Å². The third-order valence-electron chi connectivity index (χ3n) is 2.43. The summed E-state index contributed by atoms with van der Waals surface area (Å²) in [5, 5.41) is 11.9. The smallest absolute Gasteiger partial charge is 0.305 e.